The van der Waals surface area contributed by atoms with Crippen LogP contribution in [0.2, 0.25) is 0 Å². The standard InChI is InChI=1S/C13H23N5O/c1-7(2)11-16-12(8(3)13(17-11)18-14)15-6-9-4-10(19)5-9/h7,9-10,19H,4-6,14H2,1-3H3,(H2,15,16,17,18). The highest BCUT2D eigenvalue weighted by Gasteiger charge is 2.27. The molecule has 1 aromatic heterocycles. The van der Waals surface area contributed by atoms with Crippen LogP contribution in [0.25, 0.3) is 0 Å². The fourth-order valence-electron chi connectivity index (χ4n) is 2.21. The summed E-state index contributed by atoms with van der Waals surface area (Å²) in [4.78, 5) is 8.95. The van der Waals surface area contributed by atoms with Crippen LogP contribution in [0.15, 0.2) is 0 Å². The van der Waals surface area contributed by atoms with Gasteiger partial charge in [0, 0.05) is 18.0 Å². The van der Waals surface area contributed by atoms with Crippen molar-refractivity contribution in [2.24, 2.45) is 11.8 Å². The van der Waals surface area contributed by atoms with E-state index in [0.717, 1.165) is 36.6 Å². The van der Waals surface area contributed by atoms with Gasteiger partial charge in [-0.05, 0) is 25.7 Å². The molecule has 0 aliphatic heterocycles. The highest BCUT2D eigenvalue weighted by molar-refractivity contribution is 5.56. The molecular weight excluding hydrogens is 242 g/mol. The van der Waals surface area contributed by atoms with Crippen LogP contribution in [0.3, 0.4) is 0 Å². The second-order valence-electron chi connectivity index (χ2n) is 5.58. The molecule has 106 valence electrons. The maximum atomic E-state index is 9.29. The van der Waals surface area contributed by atoms with Crippen LogP contribution in [0.5, 0.6) is 0 Å². The topological polar surface area (TPSA) is 96.1 Å². The maximum Gasteiger partial charge on any atom is 0.148 e. The first-order chi connectivity index (χ1) is 9.01. The zero-order chi connectivity index (χ0) is 14.0. The van der Waals surface area contributed by atoms with E-state index >= 15 is 0 Å². The van der Waals surface area contributed by atoms with E-state index < -0.39 is 0 Å². The monoisotopic (exact) mass is 265 g/mol. The van der Waals surface area contributed by atoms with Crippen molar-refractivity contribution in [2.45, 2.75) is 45.6 Å². The van der Waals surface area contributed by atoms with E-state index in [9.17, 15) is 5.11 Å². The Morgan fingerprint density at radius 1 is 1.32 bits per heavy atom. The molecule has 0 unspecified atom stereocenters. The molecule has 1 aromatic rings. The largest absolute Gasteiger partial charge is 0.393 e. The summed E-state index contributed by atoms with van der Waals surface area (Å²) in [5.41, 5.74) is 3.55. The molecule has 0 amide bonds. The van der Waals surface area contributed by atoms with E-state index in [0.29, 0.717) is 11.7 Å². The predicted octanol–water partition coefficient (Wildman–Crippen LogP) is 1.38. The summed E-state index contributed by atoms with van der Waals surface area (Å²) < 4.78 is 0. The maximum absolute atomic E-state index is 9.29. The Balaban J connectivity index is 2.11. The summed E-state index contributed by atoms with van der Waals surface area (Å²) in [6.07, 6.45) is 1.62. The Kier molecular flexibility index (Phi) is 4.21. The molecule has 1 heterocycles. The van der Waals surface area contributed by atoms with Gasteiger partial charge >= 0.3 is 0 Å². The second-order valence-corrected chi connectivity index (χ2v) is 5.58. The van der Waals surface area contributed by atoms with E-state index in [1.807, 2.05) is 6.92 Å². The third-order valence-electron chi connectivity index (χ3n) is 3.59. The zero-order valence-electron chi connectivity index (χ0n) is 11.8. The smallest absolute Gasteiger partial charge is 0.148 e. The summed E-state index contributed by atoms with van der Waals surface area (Å²) in [5, 5.41) is 12.6. The normalized spacial score (nSPS) is 22.2. The van der Waals surface area contributed by atoms with E-state index in [2.05, 4.69) is 34.6 Å². The molecule has 0 saturated heterocycles. The van der Waals surface area contributed by atoms with Crippen LogP contribution in [-0.2, 0) is 0 Å². The van der Waals surface area contributed by atoms with E-state index in [1.165, 1.54) is 0 Å². The van der Waals surface area contributed by atoms with Crippen molar-refractivity contribution in [1.29, 1.82) is 0 Å². The van der Waals surface area contributed by atoms with Crippen molar-refractivity contribution in [3.63, 3.8) is 0 Å². The van der Waals surface area contributed by atoms with Crippen LogP contribution in [-0.4, -0.2) is 27.7 Å². The van der Waals surface area contributed by atoms with Gasteiger partial charge in [0.15, 0.2) is 0 Å². The fourth-order valence-corrected chi connectivity index (χ4v) is 2.21. The number of aliphatic hydroxyl groups is 1. The number of anilines is 2. The quantitative estimate of drug-likeness (QED) is 0.474. The molecule has 6 heteroatoms. The number of aliphatic hydroxyl groups excluding tert-OH is 1. The minimum absolute atomic E-state index is 0.120. The van der Waals surface area contributed by atoms with Crippen molar-refractivity contribution in [3.8, 4) is 0 Å². The average Bonchev–Trinajstić information content (AvgIpc) is 2.34. The van der Waals surface area contributed by atoms with Gasteiger partial charge in [0.1, 0.15) is 17.5 Å². The van der Waals surface area contributed by atoms with Gasteiger partial charge in [-0.15, -0.1) is 0 Å². The van der Waals surface area contributed by atoms with Gasteiger partial charge in [0.25, 0.3) is 0 Å². The third kappa shape index (κ3) is 3.13. The summed E-state index contributed by atoms with van der Waals surface area (Å²) in [6.45, 7) is 6.88. The summed E-state index contributed by atoms with van der Waals surface area (Å²) >= 11 is 0. The first-order valence-electron chi connectivity index (χ1n) is 6.78. The van der Waals surface area contributed by atoms with Crippen LogP contribution in [0, 0.1) is 12.8 Å². The molecule has 2 rings (SSSR count). The molecule has 1 saturated carbocycles. The first kappa shape index (κ1) is 14.0. The lowest BCUT2D eigenvalue weighted by atomic mass is 9.82. The number of hydrazine groups is 1. The van der Waals surface area contributed by atoms with Crippen molar-refractivity contribution in [1.82, 2.24) is 9.97 Å². The highest BCUT2D eigenvalue weighted by Crippen LogP contribution is 2.28. The summed E-state index contributed by atoms with van der Waals surface area (Å²) in [5.74, 6) is 8.54. The lowest BCUT2D eigenvalue weighted by Crippen LogP contribution is -2.33. The lowest BCUT2D eigenvalue weighted by molar-refractivity contribution is 0.0486. The molecule has 1 aliphatic rings. The summed E-state index contributed by atoms with van der Waals surface area (Å²) in [7, 11) is 0. The number of nitrogens with one attached hydrogen (secondary N) is 2. The van der Waals surface area contributed by atoms with E-state index in [4.69, 9.17) is 5.84 Å². The van der Waals surface area contributed by atoms with E-state index in [1.54, 1.807) is 0 Å². The van der Waals surface area contributed by atoms with Crippen molar-refractivity contribution in [2.75, 3.05) is 17.3 Å². The number of nitrogen functional groups attached to an aromatic ring is 1. The van der Waals surface area contributed by atoms with Crippen LogP contribution in [0.1, 0.15) is 44.0 Å². The van der Waals surface area contributed by atoms with Crippen LogP contribution >= 0.6 is 0 Å². The molecule has 19 heavy (non-hydrogen) atoms. The molecule has 0 aromatic carbocycles. The fraction of sp³-hybridized carbons (Fsp3) is 0.692. The number of nitrogens with two attached hydrogens (primary N) is 1. The Labute approximate surface area is 113 Å². The molecule has 1 fully saturated rings. The Hall–Kier alpha value is -1.40. The van der Waals surface area contributed by atoms with Gasteiger partial charge < -0.3 is 15.8 Å². The second kappa shape index (κ2) is 5.71. The Bertz CT molecular complexity index is 443. The summed E-state index contributed by atoms with van der Waals surface area (Å²) in [6, 6.07) is 0. The lowest BCUT2D eigenvalue weighted by Gasteiger charge is -2.31. The van der Waals surface area contributed by atoms with Crippen molar-refractivity contribution >= 4 is 11.6 Å². The minimum atomic E-state index is -0.120. The third-order valence-corrected chi connectivity index (χ3v) is 3.59. The Morgan fingerprint density at radius 3 is 2.47 bits per heavy atom. The average molecular weight is 265 g/mol. The number of rotatable bonds is 5. The predicted molar refractivity (Wildman–Crippen MR) is 75.9 cm³/mol. The van der Waals surface area contributed by atoms with Gasteiger partial charge in [-0.25, -0.2) is 15.8 Å². The number of hydrogen-bond donors (Lipinski definition) is 4. The highest BCUT2D eigenvalue weighted by atomic mass is 16.3. The Morgan fingerprint density at radius 2 is 1.95 bits per heavy atom. The van der Waals surface area contributed by atoms with Crippen LogP contribution < -0.4 is 16.6 Å². The number of nitrogens with zero attached hydrogens (tertiary/aromatic N) is 2. The van der Waals surface area contributed by atoms with E-state index in [-0.39, 0.29) is 12.0 Å². The minimum Gasteiger partial charge on any atom is -0.393 e. The molecule has 0 radical (unpaired) electrons. The molecule has 0 bridgehead atoms. The molecule has 0 atom stereocenters. The number of hydrogen-bond acceptors (Lipinski definition) is 6. The van der Waals surface area contributed by atoms with Gasteiger partial charge in [-0.1, -0.05) is 13.8 Å². The van der Waals surface area contributed by atoms with Crippen molar-refractivity contribution in [3.05, 3.63) is 11.4 Å². The molecular formula is C13H23N5O. The molecule has 0 spiro atoms. The molecule has 1 aliphatic carbocycles. The molecule has 5 N–H and O–H groups in total. The SMILES string of the molecule is Cc1c(NN)nc(C(C)C)nc1NCC1CC(O)C1. The molecule has 6 nitrogen and oxygen atoms in total. The van der Waals surface area contributed by atoms with Gasteiger partial charge in [-0.3, -0.25) is 0 Å². The van der Waals surface area contributed by atoms with Crippen molar-refractivity contribution < 1.29 is 5.11 Å². The number of aromatic nitrogens is 2. The van der Waals surface area contributed by atoms with Gasteiger partial charge in [0.05, 0.1) is 6.10 Å². The van der Waals surface area contributed by atoms with Crippen LogP contribution in [0.4, 0.5) is 11.6 Å². The zero-order valence-corrected chi connectivity index (χ0v) is 11.8. The van der Waals surface area contributed by atoms with Gasteiger partial charge in [0.2, 0.25) is 0 Å². The first-order valence-corrected chi connectivity index (χ1v) is 6.78. The van der Waals surface area contributed by atoms with Gasteiger partial charge in [-0.2, -0.15) is 0 Å².